The molecule has 0 unspecified atom stereocenters. The molecule has 0 fully saturated rings. The summed E-state index contributed by atoms with van der Waals surface area (Å²) in [6, 6.07) is 9.93. The molecule has 86 valence electrons. The number of rotatable bonds is 7. The van der Waals surface area contributed by atoms with Crippen molar-refractivity contribution in [3.05, 3.63) is 42.0 Å². The van der Waals surface area contributed by atoms with E-state index in [2.05, 4.69) is 4.74 Å². The van der Waals surface area contributed by atoms with Crippen molar-refractivity contribution >= 4 is 11.9 Å². The van der Waals surface area contributed by atoms with Gasteiger partial charge in [-0.1, -0.05) is 42.5 Å². The normalized spacial score (nSPS) is 10.8. The number of ether oxygens (including phenoxy) is 2. The Hall–Kier alpha value is -1.45. The Morgan fingerprint density at radius 1 is 1.25 bits per heavy atom. The number of Topliss-reactive ketones (excluding diaryl/α,β-unsaturated/α-hetero) is 1. The first kappa shape index (κ1) is 12.6. The summed E-state index contributed by atoms with van der Waals surface area (Å²) in [6.45, 7) is 0.652. The van der Waals surface area contributed by atoms with Crippen LogP contribution in [0.5, 0.6) is 0 Å². The zero-order valence-corrected chi connectivity index (χ0v) is 9.39. The van der Waals surface area contributed by atoms with Crippen LogP contribution in [0.25, 0.3) is 6.08 Å². The van der Waals surface area contributed by atoms with E-state index in [9.17, 15) is 4.79 Å². The first-order chi connectivity index (χ1) is 7.83. The van der Waals surface area contributed by atoms with Crippen molar-refractivity contribution in [2.75, 3.05) is 26.9 Å². The van der Waals surface area contributed by atoms with Crippen molar-refractivity contribution in [1.29, 1.82) is 0 Å². The van der Waals surface area contributed by atoms with Gasteiger partial charge in [0.05, 0.1) is 6.61 Å². The Morgan fingerprint density at radius 2 is 2.00 bits per heavy atom. The third kappa shape index (κ3) is 5.44. The second kappa shape index (κ2) is 7.79. The average Bonchev–Trinajstić information content (AvgIpc) is 2.30. The Kier molecular flexibility index (Phi) is 6.15. The van der Waals surface area contributed by atoms with Crippen molar-refractivity contribution in [3.63, 3.8) is 0 Å². The monoisotopic (exact) mass is 220 g/mol. The fraction of sp³-hybridized carbons (Fsp3) is 0.308. The lowest BCUT2D eigenvalue weighted by molar-refractivity contribution is -0.126. The predicted molar refractivity (Wildman–Crippen MR) is 63.2 cm³/mol. The van der Waals surface area contributed by atoms with Gasteiger partial charge in [0, 0.05) is 7.11 Å². The quantitative estimate of drug-likeness (QED) is 0.659. The highest BCUT2D eigenvalue weighted by Crippen LogP contribution is 2.00. The Labute approximate surface area is 95.7 Å². The molecule has 0 bridgehead atoms. The Bertz CT molecular complexity index is 330. The van der Waals surface area contributed by atoms with Crippen LogP contribution in [0, 0.1) is 0 Å². The summed E-state index contributed by atoms with van der Waals surface area (Å²) in [5.41, 5.74) is 1.12. The molecule has 0 radical (unpaired) electrons. The van der Waals surface area contributed by atoms with Crippen molar-refractivity contribution in [1.82, 2.24) is 0 Å². The van der Waals surface area contributed by atoms with Crippen molar-refractivity contribution in [2.45, 2.75) is 0 Å². The van der Waals surface area contributed by atoms with Gasteiger partial charge in [-0.3, -0.25) is 4.79 Å². The molecule has 3 heteroatoms. The van der Waals surface area contributed by atoms with E-state index in [-0.39, 0.29) is 19.0 Å². The molecule has 0 aliphatic heterocycles. The summed E-state index contributed by atoms with van der Waals surface area (Å²) in [5.74, 6) is -0.0457. The van der Waals surface area contributed by atoms with Crippen LogP contribution in [-0.4, -0.2) is 32.7 Å². The highest BCUT2D eigenvalue weighted by molar-refractivity contribution is 5.80. The molecule has 0 saturated carbocycles. The van der Waals surface area contributed by atoms with E-state index in [0.29, 0.717) is 6.61 Å². The largest absolute Gasteiger partial charge is 0.377 e. The number of carbonyl (C=O) groups excluding carboxylic acids is 1. The van der Waals surface area contributed by atoms with Crippen molar-refractivity contribution in [3.8, 4) is 0 Å². The second-order valence-electron chi connectivity index (χ2n) is 3.30. The Balaban J connectivity index is 2.16. The molecule has 1 aromatic rings. The van der Waals surface area contributed by atoms with Gasteiger partial charge in [-0.05, 0) is 5.56 Å². The third-order valence-electron chi connectivity index (χ3n) is 1.89. The van der Waals surface area contributed by atoms with Gasteiger partial charge in [0.2, 0.25) is 0 Å². The number of hydrogen-bond acceptors (Lipinski definition) is 3. The second-order valence-corrected chi connectivity index (χ2v) is 3.30. The van der Waals surface area contributed by atoms with Crippen LogP contribution >= 0.6 is 0 Å². The molecule has 0 heterocycles. The number of ketones is 1. The maximum absolute atomic E-state index is 11.0. The molecule has 0 aromatic heterocycles. The molecule has 0 N–H and O–H groups in total. The minimum absolute atomic E-state index is 0.0457. The zero-order chi connectivity index (χ0) is 11.6. The van der Waals surface area contributed by atoms with Crippen molar-refractivity contribution < 1.29 is 14.3 Å². The maximum Gasteiger partial charge on any atom is 0.183 e. The lowest BCUT2D eigenvalue weighted by Crippen LogP contribution is -2.14. The minimum atomic E-state index is -0.0457. The van der Waals surface area contributed by atoms with Crippen LogP contribution in [0.4, 0.5) is 0 Å². The minimum Gasteiger partial charge on any atom is -0.377 e. The van der Waals surface area contributed by atoms with Gasteiger partial charge >= 0.3 is 0 Å². The predicted octanol–water partition coefficient (Wildman–Crippen LogP) is 1.93. The van der Waals surface area contributed by atoms with Gasteiger partial charge in [0.15, 0.2) is 5.78 Å². The van der Waals surface area contributed by atoms with E-state index in [1.165, 1.54) is 7.11 Å². The lowest BCUT2D eigenvalue weighted by Gasteiger charge is -1.99. The molecule has 0 atom stereocenters. The number of methoxy groups -OCH3 is 1. The lowest BCUT2D eigenvalue weighted by atomic mass is 10.2. The van der Waals surface area contributed by atoms with E-state index in [1.54, 1.807) is 0 Å². The molecule has 0 amide bonds. The zero-order valence-electron chi connectivity index (χ0n) is 9.39. The summed E-state index contributed by atoms with van der Waals surface area (Å²) in [5, 5.41) is 0. The van der Waals surface area contributed by atoms with Crippen LogP contribution in [0.15, 0.2) is 36.4 Å². The van der Waals surface area contributed by atoms with Crippen LogP contribution < -0.4 is 0 Å². The maximum atomic E-state index is 11.0. The van der Waals surface area contributed by atoms with Crippen LogP contribution in [0.1, 0.15) is 5.56 Å². The first-order valence-electron chi connectivity index (χ1n) is 5.13. The summed E-state index contributed by atoms with van der Waals surface area (Å²) >= 11 is 0. The van der Waals surface area contributed by atoms with Gasteiger partial charge in [0.25, 0.3) is 0 Å². The average molecular weight is 220 g/mol. The topological polar surface area (TPSA) is 35.5 Å². The molecular weight excluding hydrogens is 204 g/mol. The molecule has 0 aliphatic rings. The number of hydrogen-bond donors (Lipinski definition) is 0. The van der Waals surface area contributed by atoms with Gasteiger partial charge in [-0.2, -0.15) is 0 Å². The van der Waals surface area contributed by atoms with E-state index in [0.717, 1.165) is 5.56 Å². The van der Waals surface area contributed by atoms with Gasteiger partial charge in [-0.25, -0.2) is 0 Å². The van der Waals surface area contributed by atoms with Crippen molar-refractivity contribution in [2.24, 2.45) is 0 Å². The van der Waals surface area contributed by atoms with E-state index in [4.69, 9.17) is 4.74 Å². The summed E-state index contributed by atoms with van der Waals surface area (Å²) < 4.78 is 9.84. The van der Waals surface area contributed by atoms with E-state index >= 15 is 0 Å². The highest BCUT2D eigenvalue weighted by atomic mass is 16.5. The van der Waals surface area contributed by atoms with Crippen LogP contribution in [0.2, 0.25) is 0 Å². The molecule has 1 rings (SSSR count). The SMILES string of the molecule is COCC(=O)COC/C=C/c1ccccc1. The van der Waals surface area contributed by atoms with Gasteiger partial charge in [-0.15, -0.1) is 0 Å². The molecule has 0 saturated heterocycles. The van der Waals surface area contributed by atoms with Crippen LogP contribution in [-0.2, 0) is 14.3 Å². The number of benzene rings is 1. The summed E-state index contributed by atoms with van der Waals surface area (Å²) in [4.78, 5) is 11.0. The first-order valence-corrected chi connectivity index (χ1v) is 5.13. The van der Waals surface area contributed by atoms with Gasteiger partial charge in [0.1, 0.15) is 13.2 Å². The summed E-state index contributed by atoms with van der Waals surface area (Å²) in [6.07, 6.45) is 3.84. The van der Waals surface area contributed by atoms with Crippen LogP contribution in [0.3, 0.4) is 0 Å². The van der Waals surface area contributed by atoms with Gasteiger partial charge < -0.3 is 9.47 Å². The molecule has 16 heavy (non-hydrogen) atoms. The third-order valence-corrected chi connectivity index (χ3v) is 1.89. The molecule has 1 aromatic carbocycles. The fourth-order valence-electron chi connectivity index (χ4n) is 1.19. The fourth-order valence-corrected chi connectivity index (χ4v) is 1.19. The van der Waals surface area contributed by atoms with E-state index < -0.39 is 0 Å². The molecular formula is C13H16O3. The standard InChI is InChI=1S/C13H16O3/c1-15-10-13(14)11-16-9-5-8-12-6-3-2-4-7-12/h2-8H,9-11H2,1H3/b8-5+. The smallest absolute Gasteiger partial charge is 0.183 e. The molecule has 0 aliphatic carbocycles. The summed E-state index contributed by atoms with van der Waals surface area (Å²) in [7, 11) is 1.49. The Morgan fingerprint density at radius 3 is 2.69 bits per heavy atom. The highest BCUT2D eigenvalue weighted by Gasteiger charge is 1.98. The number of carbonyl (C=O) groups is 1. The van der Waals surface area contributed by atoms with E-state index in [1.807, 2.05) is 42.5 Å². The molecule has 0 spiro atoms. The molecule has 3 nitrogen and oxygen atoms in total.